The molecule has 0 bridgehead atoms. The Bertz CT molecular complexity index is 348. The topological polar surface area (TPSA) is 34.1 Å². The van der Waals surface area contributed by atoms with Gasteiger partial charge < -0.3 is 0 Å². The van der Waals surface area contributed by atoms with Crippen LogP contribution in [0.5, 0.6) is 0 Å². The van der Waals surface area contributed by atoms with E-state index in [4.69, 9.17) is 0 Å². The van der Waals surface area contributed by atoms with Crippen molar-refractivity contribution in [2.75, 3.05) is 0 Å². The van der Waals surface area contributed by atoms with Crippen LogP contribution in [0.4, 0.5) is 0 Å². The van der Waals surface area contributed by atoms with Crippen molar-refractivity contribution in [3.8, 4) is 0 Å². The Morgan fingerprint density at radius 3 is 2.67 bits per heavy atom. The van der Waals surface area contributed by atoms with E-state index in [9.17, 15) is 9.59 Å². The largest absolute Gasteiger partial charge is 0.290 e. The second-order valence-electron chi connectivity index (χ2n) is 4.12. The predicted molar refractivity (Wildman–Crippen MR) is 60.2 cm³/mol. The van der Waals surface area contributed by atoms with Crippen LogP contribution in [0.15, 0.2) is 16.8 Å². The molecule has 1 aromatic heterocycles. The second kappa shape index (κ2) is 4.71. The lowest BCUT2D eigenvalue weighted by molar-refractivity contribution is -0.115. The maximum Gasteiger partial charge on any atom is 0.229 e. The maximum absolute atomic E-state index is 11.7. The molecule has 0 saturated heterocycles. The van der Waals surface area contributed by atoms with Crippen LogP contribution in [0, 0.1) is 5.92 Å². The molecule has 1 saturated carbocycles. The molecular weight excluding hydrogens is 208 g/mol. The average Bonchev–Trinajstić information content (AvgIpc) is 2.88. The molecular formula is C12H14O2S. The fourth-order valence-electron chi connectivity index (χ4n) is 2.12. The van der Waals surface area contributed by atoms with E-state index in [-0.39, 0.29) is 11.6 Å². The average molecular weight is 222 g/mol. The number of hydrogen-bond acceptors (Lipinski definition) is 3. The van der Waals surface area contributed by atoms with Gasteiger partial charge in [-0.15, -0.1) is 0 Å². The van der Waals surface area contributed by atoms with E-state index in [0.717, 1.165) is 12.8 Å². The summed E-state index contributed by atoms with van der Waals surface area (Å²) in [6.45, 7) is 0. The predicted octanol–water partition coefficient (Wildman–Crippen LogP) is 3.08. The van der Waals surface area contributed by atoms with Gasteiger partial charge in [0.05, 0.1) is 0 Å². The summed E-state index contributed by atoms with van der Waals surface area (Å²) < 4.78 is 0. The third kappa shape index (κ3) is 2.53. The third-order valence-corrected chi connectivity index (χ3v) is 3.67. The van der Waals surface area contributed by atoms with Crippen molar-refractivity contribution in [1.29, 1.82) is 0 Å². The van der Waals surface area contributed by atoms with E-state index in [1.807, 2.05) is 5.38 Å². The maximum atomic E-state index is 11.7. The van der Waals surface area contributed by atoms with Gasteiger partial charge in [-0.3, -0.25) is 9.59 Å². The summed E-state index contributed by atoms with van der Waals surface area (Å²) in [4.78, 5) is 23.3. The molecule has 2 nitrogen and oxygen atoms in total. The van der Waals surface area contributed by atoms with E-state index in [1.54, 1.807) is 11.4 Å². The molecule has 0 unspecified atom stereocenters. The van der Waals surface area contributed by atoms with Crippen LogP contribution in [-0.4, -0.2) is 11.6 Å². The van der Waals surface area contributed by atoms with Crippen LogP contribution < -0.4 is 0 Å². The molecule has 1 aromatic rings. The van der Waals surface area contributed by atoms with Gasteiger partial charge in [0.25, 0.3) is 0 Å². The van der Waals surface area contributed by atoms with Gasteiger partial charge in [0.15, 0.2) is 0 Å². The van der Waals surface area contributed by atoms with Crippen LogP contribution >= 0.6 is 11.3 Å². The number of carbonyl (C=O) groups excluding carboxylic acids is 2. The molecule has 2 rings (SSSR count). The first-order valence-electron chi connectivity index (χ1n) is 5.37. The summed E-state index contributed by atoms with van der Waals surface area (Å²) in [5, 5.41) is 3.57. The first kappa shape index (κ1) is 10.6. The van der Waals surface area contributed by atoms with Crippen molar-refractivity contribution in [1.82, 2.24) is 0 Å². The van der Waals surface area contributed by atoms with E-state index >= 15 is 0 Å². The molecule has 0 spiro atoms. The smallest absolute Gasteiger partial charge is 0.229 e. The molecule has 15 heavy (non-hydrogen) atoms. The van der Waals surface area contributed by atoms with E-state index < -0.39 is 0 Å². The zero-order valence-electron chi connectivity index (χ0n) is 8.57. The number of hydrogen-bond donors (Lipinski definition) is 0. The van der Waals surface area contributed by atoms with Crippen LogP contribution in [0.25, 0.3) is 0 Å². The minimum Gasteiger partial charge on any atom is -0.290 e. The summed E-state index contributed by atoms with van der Waals surface area (Å²) in [7, 11) is 0. The Morgan fingerprint density at radius 1 is 1.33 bits per heavy atom. The van der Waals surface area contributed by atoms with Crippen LogP contribution in [0.3, 0.4) is 0 Å². The molecule has 0 aromatic carbocycles. The monoisotopic (exact) mass is 222 g/mol. The summed E-state index contributed by atoms with van der Waals surface area (Å²) in [6, 6.07) is 1.72. The zero-order chi connectivity index (χ0) is 10.7. The number of ketones is 2. The zero-order valence-corrected chi connectivity index (χ0v) is 9.39. The number of thiophene rings is 1. The quantitative estimate of drug-likeness (QED) is 0.579. The van der Waals surface area contributed by atoms with Gasteiger partial charge in [0.1, 0.15) is 0 Å². The molecule has 1 fully saturated rings. The highest BCUT2D eigenvalue weighted by molar-refractivity contribution is 7.08. The molecule has 0 atom stereocenters. The first-order chi connectivity index (χ1) is 7.27. The van der Waals surface area contributed by atoms with Crippen molar-refractivity contribution in [2.24, 2.45) is 5.92 Å². The third-order valence-electron chi connectivity index (χ3n) is 2.99. The Hall–Kier alpha value is -0.960. The van der Waals surface area contributed by atoms with Crippen molar-refractivity contribution in [3.63, 3.8) is 0 Å². The van der Waals surface area contributed by atoms with Gasteiger partial charge in [0.2, 0.25) is 11.6 Å². The normalized spacial score (nSPS) is 16.8. The van der Waals surface area contributed by atoms with Gasteiger partial charge in [0, 0.05) is 17.4 Å². The number of rotatable bonds is 4. The first-order valence-corrected chi connectivity index (χ1v) is 6.31. The van der Waals surface area contributed by atoms with E-state index in [0.29, 0.717) is 17.9 Å². The van der Waals surface area contributed by atoms with Crippen LogP contribution in [0.2, 0.25) is 0 Å². The lowest BCUT2D eigenvalue weighted by Gasteiger charge is -2.05. The summed E-state index contributed by atoms with van der Waals surface area (Å²) in [5.41, 5.74) is 0.558. The summed E-state index contributed by atoms with van der Waals surface area (Å²) in [5.74, 6) is -0.0523. The molecule has 1 aliphatic rings. The standard InChI is InChI=1S/C12H14O2S/c13-11(7-9-3-1-2-4-9)12(14)10-5-6-15-8-10/h5-6,8-9H,1-4,7H2. The Balaban J connectivity index is 1.93. The molecule has 0 amide bonds. The molecule has 0 N–H and O–H groups in total. The molecule has 80 valence electrons. The lowest BCUT2D eigenvalue weighted by Crippen LogP contribution is -2.16. The summed E-state index contributed by atoms with van der Waals surface area (Å²) in [6.07, 6.45) is 5.11. The highest BCUT2D eigenvalue weighted by Crippen LogP contribution is 2.28. The molecule has 0 radical (unpaired) electrons. The lowest BCUT2D eigenvalue weighted by atomic mass is 9.97. The molecule has 0 aliphatic heterocycles. The Kier molecular flexibility index (Phi) is 3.31. The fourth-order valence-corrected chi connectivity index (χ4v) is 2.76. The molecule has 1 heterocycles. The minimum absolute atomic E-state index is 0.208. The molecule has 3 heteroatoms. The highest BCUT2D eigenvalue weighted by Gasteiger charge is 2.23. The second-order valence-corrected chi connectivity index (χ2v) is 4.90. The van der Waals surface area contributed by atoms with Crippen LogP contribution in [-0.2, 0) is 4.79 Å². The van der Waals surface area contributed by atoms with E-state index in [1.165, 1.54) is 24.2 Å². The van der Waals surface area contributed by atoms with Gasteiger partial charge >= 0.3 is 0 Å². The Labute approximate surface area is 93.3 Å². The van der Waals surface area contributed by atoms with Crippen molar-refractivity contribution in [2.45, 2.75) is 32.1 Å². The van der Waals surface area contributed by atoms with Crippen molar-refractivity contribution < 1.29 is 9.59 Å². The van der Waals surface area contributed by atoms with Crippen molar-refractivity contribution >= 4 is 22.9 Å². The number of carbonyl (C=O) groups is 2. The van der Waals surface area contributed by atoms with Crippen molar-refractivity contribution in [3.05, 3.63) is 22.4 Å². The van der Waals surface area contributed by atoms with Gasteiger partial charge in [-0.1, -0.05) is 25.7 Å². The van der Waals surface area contributed by atoms with E-state index in [2.05, 4.69) is 0 Å². The SMILES string of the molecule is O=C(CC1CCCC1)C(=O)c1ccsc1. The number of Topliss-reactive ketones (excluding diaryl/α,β-unsaturated/α-hetero) is 2. The summed E-state index contributed by atoms with van der Waals surface area (Å²) >= 11 is 1.46. The van der Waals surface area contributed by atoms with Gasteiger partial charge in [-0.25, -0.2) is 0 Å². The van der Waals surface area contributed by atoms with Crippen LogP contribution in [0.1, 0.15) is 42.5 Å². The van der Waals surface area contributed by atoms with Gasteiger partial charge in [-0.05, 0) is 17.4 Å². The molecule has 1 aliphatic carbocycles. The highest BCUT2D eigenvalue weighted by atomic mass is 32.1. The van der Waals surface area contributed by atoms with Gasteiger partial charge in [-0.2, -0.15) is 11.3 Å². The Morgan fingerprint density at radius 2 is 2.07 bits per heavy atom. The fraction of sp³-hybridized carbons (Fsp3) is 0.500. The minimum atomic E-state index is -0.303.